The third kappa shape index (κ3) is 3.71. The number of carboxylic acids is 1. The van der Waals surface area contributed by atoms with E-state index >= 15 is 0 Å². The Labute approximate surface area is 147 Å². The number of nitrogens with zero attached hydrogens (tertiary/aromatic N) is 2. The highest BCUT2D eigenvalue weighted by atomic mass is 32.1. The molecule has 2 aromatic heterocycles. The fourth-order valence-corrected chi connectivity index (χ4v) is 3.95. The summed E-state index contributed by atoms with van der Waals surface area (Å²) in [4.78, 5) is 24.7. The fraction of sp³-hybridized carbons (Fsp3) is 0.438. The van der Waals surface area contributed by atoms with Crippen LogP contribution in [0.1, 0.15) is 51.2 Å². The van der Waals surface area contributed by atoms with E-state index in [4.69, 9.17) is 0 Å². The van der Waals surface area contributed by atoms with Crippen molar-refractivity contribution < 1.29 is 23.5 Å². The van der Waals surface area contributed by atoms with Gasteiger partial charge in [0.25, 0.3) is 0 Å². The van der Waals surface area contributed by atoms with E-state index in [1.165, 1.54) is 18.3 Å². The number of carbonyl (C=O) groups excluding carboxylic acids is 1. The number of alkyl halides is 2. The van der Waals surface area contributed by atoms with Crippen molar-refractivity contribution in [1.82, 2.24) is 9.78 Å². The predicted molar refractivity (Wildman–Crippen MR) is 90.7 cm³/mol. The topological polar surface area (TPSA) is 84.2 Å². The Kier molecular flexibility index (Phi) is 5.56. The van der Waals surface area contributed by atoms with Crippen LogP contribution in [0.25, 0.3) is 0 Å². The molecule has 0 saturated carbocycles. The molecule has 0 aliphatic heterocycles. The lowest BCUT2D eigenvalue weighted by Gasteiger charge is -2.06. The lowest BCUT2D eigenvalue weighted by atomic mass is 10.1. The Hall–Kier alpha value is -2.29. The molecule has 9 heteroatoms. The molecule has 0 spiro atoms. The van der Waals surface area contributed by atoms with Gasteiger partial charge in [-0.15, -0.1) is 11.3 Å². The van der Waals surface area contributed by atoms with E-state index in [1.54, 1.807) is 13.8 Å². The van der Waals surface area contributed by atoms with Gasteiger partial charge in [-0.1, -0.05) is 6.92 Å². The molecule has 0 aromatic carbocycles. The number of halogens is 2. The predicted octanol–water partition coefficient (Wildman–Crippen LogP) is 3.71. The summed E-state index contributed by atoms with van der Waals surface area (Å²) in [6.45, 7) is 3.90. The number of thiophene rings is 1. The molecule has 2 rings (SSSR count). The molecule has 0 fully saturated rings. The minimum atomic E-state index is -2.78. The van der Waals surface area contributed by atoms with Gasteiger partial charge in [-0.05, 0) is 32.8 Å². The van der Waals surface area contributed by atoms with E-state index < -0.39 is 18.4 Å². The maximum Gasteiger partial charge on any atom is 0.339 e. The fourth-order valence-electron chi connectivity index (χ4n) is 2.79. The van der Waals surface area contributed by atoms with E-state index in [2.05, 4.69) is 10.4 Å². The first kappa shape index (κ1) is 19.0. The quantitative estimate of drug-likeness (QED) is 0.811. The van der Waals surface area contributed by atoms with Crippen molar-refractivity contribution >= 4 is 28.2 Å². The Morgan fingerprint density at radius 2 is 1.92 bits per heavy atom. The Morgan fingerprint density at radius 1 is 1.28 bits per heavy atom. The van der Waals surface area contributed by atoms with Crippen LogP contribution >= 0.6 is 11.3 Å². The molecule has 1 amide bonds. The van der Waals surface area contributed by atoms with Gasteiger partial charge < -0.3 is 10.4 Å². The van der Waals surface area contributed by atoms with Crippen LogP contribution in [0.4, 0.5) is 13.8 Å². The summed E-state index contributed by atoms with van der Waals surface area (Å²) in [5.41, 5.74) is 1.76. The van der Waals surface area contributed by atoms with E-state index in [0.717, 1.165) is 4.88 Å². The smallest absolute Gasteiger partial charge is 0.339 e. The molecule has 136 valence electrons. The summed E-state index contributed by atoms with van der Waals surface area (Å²) in [5, 5.41) is 16.0. The van der Waals surface area contributed by atoms with Crippen LogP contribution in [0.5, 0.6) is 0 Å². The highest BCUT2D eigenvalue weighted by Crippen LogP contribution is 2.33. The molecule has 2 aromatic rings. The maximum atomic E-state index is 12.9. The zero-order valence-corrected chi connectivity index (χ0v) is 15.1. The molecule has 25 heavy (non-hydrogen) atoms. The van der Waals surface area contributed by atoms with Gasteiger partial charge in [0.1, 0.15) is 5.00 Å². The van der Waals surface area contributed by atoms with Crippen LogP contribution in [-0.4, -0.2) is 26.8 Å². The molecule has 0 aliphatic rings. The van der Waals surface area contributed by atoms with E-state index in [0.29, 0.717) is 27.9 Å². The molecule has 2 N–H and O–H groups in total. The van der Waals surface area contributed by atoms with E-state index in [-0.39, 0.29) is 22.7 Å². The van der Waals surface area contributed by atoms with Crippen LogP contribution in [-0.2, 0) is 17.6 Å². The Bertz CT molecular complexity index is 827. The zero-order chi connectivity index (χ0) is 18.9. The van der Waals surface area contributed by atoms with Gasteiger partial charge in [-0.3, -0.25) is 4.79 Å². The number of carboxylic acid groups (broad SMARTS) is 1. The summed E-state index contributed by atoms with van der Waals surface area (Å²) >= 11 is 1.20. The molecule has 6 nitrogen and oxygen atoms in total. The van der Waals surface area contributed by atoms with Crippen molar-refractivity contribution in [2.45, 2.75) is 47.1 Å². The van der Waals surface area contributed by atoms with Gasteiger partial charge >= 0.3 is 12.5 Å². The van der Waals surface area contributed by atoms with Crippen LogP contribution in [0, 0.1) is 20.8 Å². The second-order valence-corrected chi connectivity index (χ2v) is 6.82. The largest absolute Gasteiger partial charge is 0.478 e. The summed E-state index contributed by atoms with van der Waals surface area (Å²) in [7, 11) is 0. The number of anilines is 1. The third-order valence-electron chi connectivity index (χ3n) is 4.03. The molecule has 0 unspecified atom stereocenters. The number of amides is 1. The number of rotatable bonds is 6. The lowest BCUT2D eigenvalue weighted by molar-refractivity contribution is -0.115. The summed E-state index contributed by atoms with van der Waals surface area (Å²) in [6.07, 6.45) is 0.390. The minimum absolute atomic E-state index is 0.0927. The molecule has 0 bridgehead atoms. The highest BCUT2D eigenvalue weighted by molar-refractivity contribution is 7.16. The number of aromatic carboxylic acids is 1. The SMILES string of the molecule is CCc1c(C)sc(NC(=O)Cc2c(C)nn(C(F)F)c2C)c1C(=O)O. The van der Waals surface area contributed by atoms with Crippen molar-refractivity contribution in [1.29, 1.82) is 0 Å². The highest BCUT2D eigenvalue weighted by Gasteiger charge is 2.23. The van der Waals surface area contributed by atoms with Gasteiger partial charge in [0.05, 0.1) is 17.7 Å². The Morgan fingerprint density at radius 3 is 2.40 bits per heavy atom. The van der Waals surface area contributed by atoms with Crippen molar-refractivity contribution in [3.63, 3.8) is 0 Å². The summed E-state index contributed by atoms with van der Waals surface area (Å²) in [5.74, 6) is -1.57. The molecule has 0 aliphatic carbocycles. The standard InChI is InChI=1S/C16H19F2N3O3S/c1-5-10-9(4)25-14(13(10)15(23)24)19-12(22)6-11-7(2)20-21(8(11)3)16(17)18/h16H,5-6H2,1-4H3,(H,19,22)(H,23,24). The second kappa shape index (κ2) is 7.30. The molecular weight excluding hydrogens is 352 g/mol. The molecule has 2 heterocycles. The van der Waals surface area contributed by atoms with Gasteiger partial charge in [-0.25, -0.2) is 9.48 Å². The first-order valence-electron chi connectivity index (χ1n) is 7.65. The van der Waals surface area contributed by atoms with E-state index in [9.17, 15) is 23.5 Å². The van der Waals surface area contributed by atoms with Crippen molar-refractivity contribution in [2.75, 3.05) is 5.32 Å². The minimum Gasteiger partial charge on any atom is -0.478 e. The Balaban J connectivity index is 2.26. The van der Waals surface area contributed by atoms with Crippen LogP contribution < -0.4 is 5.32 Å². The van der Waals surface area contributed by atoms with E-state index in [1.807, 2.05) is 6.92 Å². The van der Waals surface area contributed by atoms with Crippen molar-refractivity contribution in [3.8, 4) is 0 Å². The number of carbonyl (C=O) groups is 2. The van der Waals surface area contributed by atoms with Gasteiger partial charge in [0.2, 0.25) is 5.91 Å². The number of aryl methyl sites for hydroxylation is 2. The van der Waals surface area contributed by atoms with Crippen LogP contribution in [0.2, 0.25) is 0 Å². The number of hydrogen-bond donors (Lipinski definition) is 2. The molecule has 0 radical (unpaired) electrons. The first-order chi connectivity index (χ1) is 11.7. The number of aromatic nitrogens is 2. The van der Waals surface area contributed by atoms with Crippen molar-refractivity contribution in [2.24, 2.45) is 0 Å². The molecule has 0 saturated heterocycles. The van der Waals surface area contributed by atoms with Crippen LogP contribution in [0.15, 0.2) is 0 Å². The normalized spacial score (nSPS) is 11.2. The van der Waals surface area contributed by atoms with Gasteiger partial charge in [0.15, 0.2) is 0 Å². The van der Waals surface area contributed by atoms with Crippen molar-refractivity contribution in [3.05, 3.63) is 33.0 Å². The monoisotopic (exact) mass is 371 g/mol. The second-order valence-electron chi connectivity index (χ2n) is 5.60. The lowest BCUT2D eigenvalue weighted by Crippen LogP contribution is -2.17. The van der Waals surface area contributed by atoms with Gasteiger partial charge in [0, 0.05) is 16.1 Å². The number of nitrogens with one attached hydrogen (secondary N) is 1. The van der Waals surface area contributed by atoms with Gasteiger partial charge in [-0.2, -0.15) is 13.9 Å². The molecular formula is C16H19F2N3O3S. The maximum absolute atomic E-state index is 12.9. The average molecular weight is 371 g/mol. The first-order valence-corrected chi connectivity index (χ1v) is 8.47. The molecule has 0 atom stereocenters. The number of hydrogen-bond acceptors (Lipinski definition) is 4. The average Bonchev–Trinajstić information content (AvgIpc) is 2.97. The third-order valence-corrected chi connectivity index (χ3v) is 5.09. The van der Waals surface area contributed by atoms with Crippen LogP contribution in [0.3, 0.4) is 0 Å². The zero-order valence-electron chi connectivity index (χ0n) is 14.3. The summed E-state index contributed by atoms with van der Waals surface area (Å²) < 4.78 is 26.3. The summed E-state index contributed by atoms with van der Waals surface area (Å²) in [6, 6.07) is 0.